The molecule has 0 amide bonds. The van der Waals surface area contributed by atoms with Gasteiger partial charge in [-0.05, 0) is 67.9 Å². The third-order valence-electron chi connectivity index (χ3n) is 10.4. The average molecular weight is 647 g/mol. The highest BCUT2D eigenvalue weighted by atomic mass is 79.9. The van der Waals surface area contributed by atoms with Gasteiger partial charge in [-0.3, -0.25) is 4.99 Å². The van der Waals surface area contributed by atoms with E-state index in [0.717, 1.165) is 79.8 Å². The molecule has 4 aliphatic carbocycles. The van der Waals surface area contributed by atoms with E-state index < -0.39 is 0 Å². The predicted molar refractivity (Wildman–Crippen MR) is 170 cm³/mol. The Labute approximate surface area is 266 Å². The summed E-state index contributed by atoms with van der Waals surface area (Å²) in [6, 6.07) is 24.0. The molecule has 5 fully saturated rings. The number of benzene rings is 2. The largest absolute Gasteiger partial charge is 1.00 e. The van der Waals surface area contributed by atoms with Crippen molar-refractivity contribution in [2.45, 2.75) is 50.8 Å². The van der Waals surface area contributed by atoms with Gasteiger partial charge in [-0.1, -0.05) is 60.7 Å². The van der Waals surface area contributed by atoms with E-state index in [0.29, 0.717) is 5.41 Å². The standard InChI is InChI=1S/C35H44N5S.BrH/c1-3-8-28(9-4-1)26-40(18-15-39(16-19-40)34-37-12-7-13-38-34)17-14-36-33(41-27-29-10-5-2-6-11-29)35-23-30-20-31(24-35)22-32(21-30)25-35;/h1-13,30-32H,14-27H2;1H/q+1;/p-1. The Morgan fingerprint density at radius 3 is 1.98 bits per heavy atom. The van der Waals surface area contributed by atoms with Crippen LogP contribution in [0.5, 0.6) is 0 Å². The molecule has 222 valence electrons. The Balaban J connectivity index is 0.00000316. The molecule has 0 radical (unpaired) electrons. The average Bonchev–Trinajstić information content (AvgIpc) is 3.00. The zero-order chi connectivity index (χ0) is 27.5. The van der Waals surface area contributed by atoms with E-state index in [1.165, 1.54) is 54.7 Å². The van der Waals surface area contributed by atoms with Gasteiger partial charge in [0.05, 0.1) is 44.3 Å². The minimum Gasteiger partial charge on any atom is -1.00 e. The highest BCUT2D eigenvalue weighted by Gasteiger charge is 2.53. The molecule has 5 aliphatic rings. The number of aliphatic imine (C=N–C) groups is 1. The van der Waals surface area contributed by atoms with Crippen LogP contribution in [-0.2, 0) is 12.3 Å². The van der Waals surface area contributed by atoms with Crippen molar-refractivity contribution in [3.05, 3.63) is 90.3 Å². The van der Waals surface area contributed by atoms with Crippen molar-refractivity contribution in [3.63, 3.8) is 0 Å². The molecule has 1 aliphatic heterocycles. The first-order valence-electron chi connectivity index (χ1n) is 15.8. The minimum absolute atomic E-state index is 0. The Morgan fingerprint density at radius 2 is 1.38 bits per heavy atom. The Morgan fingerprint density at radius 1 is 0.810 bits per heavy atom. The summed E-state index contributed by atoms with van der Waals surface area (Å²) in [5.74, 6) is 4.72. The molecule has 5 nitrogen and oxygen atoms in total. The number of anilines is 1. The summed E-state index contributed by atoms with van der Waals surface area (Å²) < 4.78 is 1.09. The Kier molecular flexibility index (Phi) is 9.37. The number of quaternary nitrogens is 1. The van der Waals surface area contributed by atoms with Crippen LogP contribution >= 0.6 is 11.8 Å². The predicted octanol–water partition coefficient (Wildman–Crippen LogP) is 3.87. The van der Waals surface area contributed by atoms with Crippen molar-refractivity contribution < 1.29 is 21.5 Å². The lowest BCUT2D eigenvalue weighted by Gasteiger charge is -2.57. The third-order valence-corrected chi connectivity index (χ3v) is 11.7. The number of piperazine rings is 1. The molecule has 3 aromatic rings. The first kappa shape index (κ1) is 29.8. The van der Waals surface area contributed by atoms with E-state index in [9.17, 15) is 0 Å². The number of hydrogen-bond donors (Lipinski definition) is 0. The van der Waals surface area contributed by atoms with E-state index in [1.807, 2.05) is 18.5 Å². The van der Waals surface area contributed by atoms with Gasteiger partial charge in [0, 0.05) is 29.1 Å². The fraction of sp³-hybridized carbons (Fsp3) is 0.514. The van der Waals surface area contributed by atoms with Gasteiger partial charge >= 0.3 is 0 Å². The molecule has 4 saturated carbocycles. The molecule has 7 heteroatoms. The van der Waals surface area contributed by atoms with E-state index in [-0.39, 0.29) is 17.0 Å². The summed E-state index contributed by atoms with van der Waals surface area (Å²) in [5, 5.41) is 1.50. The maximum Gasteiger partial charge on any atom is 0.225 e. The van der Waals surface area contributed by atoms with Crippen LogP contribution in [0.25, 0.3) is 0 Å². The van der Waals surface area contributed by atoms with E-state index >= 15 is 0 Å². The van der Waals surface area contributed by atoms with Gasteiger partial charge in [0.1, 0.15) is 6.54 Å². The monoisotopic (exact) mass is 645 g/mol. The highest BCUT2D eigenvalue weighted by Crippen LogP contribution is 2.61. The molecule has 2 aromatic carbocycles. The second-order valence-electron chi connectivity index (χ2n) is 13.4. The molecule has 8 rings (SSSR count). The fourth-order valence-corrected chi connectivity index (χ4v) is 10.0. The first-order valence-corrected chi connectivity index (χ1v) is 16.8. The summed E-state index contributed by atoms with van der Waals surface area (Å²) in [6.07, 6.45) is 12.3. The molecular weight excluding hydrogens is 602 g/mol. The van der Waals surface area contributed by atoms with Crippen LogP contribution in [0.2, 0.25) is 0 Å². The summed E-state index contributed by atoms with van der Waals surface area (Å²) in [4.78, 5) is 17.1. The maximum atomic E-state index is 5.61. The summed E-state index contributed by atoms with van der Waals surface area (Å²) >= 11 is 2.07. The van der Waals surface area contributed by atoms with Crippen LogP contribution in [0.15, 0.2) is 84.1 Å². The lowest BCUT2D eigenvalue weighted by atomic mass is 9.50. The smallest absolute Gasteiger partial charge is 0.225 e. The number of halogens is 1. The second-order valence-corrected chi connectivity index (χ2v) is 14.3. The van der Waals surface area contributed by atoms with Crippen LogP contribution < -0.4 is 21.9 Å². The van der Waals surface area contributed by atoms with E-state index in [1.54, 1.807) is 0 Å². The molecule has 2 heterocycles. The van der Waals surface area contributed by atoms with Gasteiger partial charge in [0.2, 0.25) is 5.95 Å². The minimum atomic E-state index is 0. The zero-order valence-electron chi connectivity index (χ0n) is 24.7. The van der Waals surface area contributed by atoms with Crippen molar-refractivity contribution in [2.24, 2.45) is 28.2 Å². The summed E-state index contributed by atoms with van der Waals surface area (Å²) in [7, 11) is 0. The molecule has 0 unspecified atom stereocenters. The van der Waals surface area contributed by atoms with Crippen molar-refractivity contribution in [3.8, 4) is 0 Å². The number of rotatable bonds is 9. The molecule has 1 aromatic heterocycles. The molecule has 1 saturated heterocycles. The molecule has 4 bridgehead atoms. The highest BCUT2D eigenvalue weighted by molar-refractivity contribution is 8.13. The van der Waals surface area contributed by atoms with Crippen molar-refractivity contribution >= 4 is 22.8 Å². The van der Waals surface area contributed by atoms with Gasteiger partial charge in [0.25, 0.3) is 0 Å². The lowest BCUT2D eigenvalue weighted by molar-refractivity contribution is -0.940. The Bertz CT molecular complexity index is 1280. The van der Waals surface area contributed by atoms with E-state index in [4.69, 9.17) is 4.99 Å². The number of aromatic nitrogens is 2. The SMILES string of the molecule is [Br-].c1ccc(CSC(=NCC[N+]2(Cc3ccccc3)CCN(c3ncccn3)CC2)C23CC4CC(CC(C4)C2)C3)cc1. The lowest BCUT2D eigenvalue weighted by Crippen LogP contribution is -3.00. The fourth-order valence-electron chi connectivity index (χ4n) is 8.80. The van der Waals surface area contributed by atoms with Gasteiger partial charge < -0.3 is 26.4 Å². The van der Waals surface area contributed by atoms with Crippen LogP contribution in [0.1, 0.15) is 49.7 Å². The Hall–Kier alpha value is -2.22. The van der Waals surface area contributed by atoms with Gasteiger partial charge in [-0.15, -0.1) is 11.8 Å². The van der Waals surface area contributed by atoms with Crippen LogP contribution in [0.3, 0.4) is 0 Å². The maximum absolute atomic E-state index is 5.61. The first-order chi connectivity index (χ1) is 20.2. The van der Waals surface area contributed by atoms with Gasteiger partial charge in [-0.2, -0.15) is 0 Å². The summed E-state index contributed by atoms with van der Waals surface area (Å²) in [5.41, 5.74) is 3.20. The summed E-state index contributed by atoms with van der Waals surface area (Å²) in [6.45, 7) is 7.28. The topological polar surface area (TPSA) is 41.4 Å². The van der Waals surface area contributed by atoms with Crippen LogP contribution in [0, 0.1) is 23.2 Å². The van der Waals surface area contributed by atoms with Gasteiger partial charge in [0.15, 0.2) is 0 Å². The molecule has 0 atom stereocenters. The van der Waals surface area contributed by atoms with Crippen molar-refractivity contribution in [2.75, 3.05) is 44.2 Å². The second kappa shape index (κ2) is 13.2. The number of thioether (sulfide) groups is 1. The molecule has 0 N–H and O–H groups in total. The zero-order valence-corrected chi connectivity index (χ0v) is 27.1. The molecule has 0 spiro atoms. The van der Waals surface area contributed by atoms with Crippen molar-refractivity contribution in [1.29, 1.82) is 0 Å². The third kappa shape index (κ3) is 6.63. The van der Waals surface area contributed by atoms with Gasteiger partial charge in [-0.25, -0.2) is 9.97 Å². The van der Waals surface area contributed by atoms with Crippen LogP contribution in [-0.4, -0.2) is 58.8 Å². The van der Waals surface area contributed by atoms with Crippen LogP contribution in [0.4, 0.5) is 5.95 Å². The van der Waals surface area contributed by atoms with E-state index in [2.05, 4.69) is 87.3 Å². The molecule has 42 heavy (non-hydrogen) atoms. The number of nitrogens with zero attached hydrogens (tertiary/aromatic N) is 5. The van der Waals surface area contributed by atoms with Crippen molar-refractivity contribution in [1.82, 2.24) is 9.97 Å². The quantitative estimate of drug-likeness (QED) is 0.201. The number of hydrogen-bond acceptors (Lipinski definition) is 5. The normalized spacial score (nSPS) is 28.0. The molecular formula is C35H44BrN5S.